The molecule has 2 N–H and O–H groups in total. The third-order valence-corrected chi connectivity index (χ3v) is 3.86. The number of nitrogens with two attached hydrogens (primary N) is 1. The van der Waals surface area contributed by atoms with Crippen LogP contribution in [0.4, 0.5) is 4.39 Å². The minimum Gasteiger partial charge on any atom is -0.389 e. The van der Waals surface area contributed by atoms with Gasteiger partial charge in [-0.15, -0.1) is 0 Å². The summed E-state index contributed by atoms with van der Waals surface area (Å²) in [6.45, 7) is 1.92. The monoisotopic (exact) mass is 298 g/mol. The minimum atomic E-state index is -0.250. The molecule has 2 rings (SSSR count). The van der Waals surface area contributed by atoms with Crippen LogP contribution in [-0.2, 0) is 16.0 Å². The Balaban J connectivity index is 2.11. The van der Waals surface area contributed by atoms with Crippen LogP contribution in [0.5, 0.6) is 0 Å². The summed E-state index contributed by atoms with van der Waals surface area (Å²) < 4.78 is 24.6. The third kappa shape index (κ3) is 3.32. The number of halogens is 1. The molecule has 1 aromatic carbocycles. The maximum absolute atomic E-state index is 13.9. The summed E-state index contributed by atoms with van der Waals surface area (Å²) >= 11 is 4.92. The fraction of sp³-hybridized carbons (Fsp3) is 0.500. The molecular formula is C14H19FN2O2S. The highest BCUT2D eigenvalue weighted by Gasteiger charge is 2.33. The number of benzene rings is 1. The van der Waals surface area contributed by atoms with Crippen LogP contribution < -0.4 is 5.73 Å². The Morgan fingerprint density at radius 1 is 1.35 bits per heavy atom. The first-order valence-corrected chi connectivity index (χ1v) is 6.82. The maximum Gasteiger partial charge on any atom is 0.127 e. The molecule has 110 valence electrons. The Labute approximate surface area is 123 Å². The van der Waals surface area contributed by atoms with Gasteiger partial charge in [0.15, 0.2) is 0 Å². The molecule has 0 spiro atoms. The zero-order valence-corrected chi connectivity index (χ0v) is 12.5. The van der Waals surface area contributed by atoms with Crippen molar-refractivity contribution in [2.45, 2.75) is 18.8 Å². The fourth-order valence-corrected chi connectivity index (χ4v) is 2.62. The first-order chi connectivity index (χ1) is 9.55. The summed E-state index contributed by atoms with van der Waals surface area (Å²) in [7, 11) is 3.32. The topological polar surface area (TPSA) is 47.7 Å². The van der Waals surface area contributed by atoms with E-state index in [9.17, 15) is 4.39 Å². The summed E-state index contributed by atoms with van der Waals surface area (Å²) in [6, 6.07) is 4.71. The predicted octanol–water partition coefficient (Wildman–Crippen LogP) is 1.31. The number of hydrogen-bond acceptors (Lipinski definition) is 4. The molecule has 2 unspecified atom stereocenters. The van der Waals surface area contributed by atoms with Gasteiger partial charge >= 0.3 is 0 Å². The minimum absolute atomic E-state index is 0.0156. The van der Waals surface area contributed by atoms with Crippen molar-refractivity contribution in [1.29, 1.82) is 0 Å². The van der Waals surface area contributed by atoms with Crippen molar-refractivity contribution in [2.75, 3.05) is 27.3 Å². The lowest BCUT2D eigenvalue weighted by molar-refractivity contribution is -0.00461. The van der Waals surface area contributed by atoms with E-state index in [-0.39, 0.29) is 23.0 Å². The molecule has 6 heteroatoms. The van der Waals surface area contributed by atoms with Gasteiger partial charge in [-0.2, -0.15) is 0 Å². The standard InChI is InChI=1S/C14H19FN2O2S/c1-18-12-7-17(8-13(12)19-2)6-10-5-9(14(16)20)3-4-11(10)15/h3-5,12-13H,6-8H2,1-2H3,(H2,16,20). The van der Waals surface area contributed by atoms with Crippen molar-refractivity contribution in [1.82, 2.24) is 4.90 Å². The largest absolute Gasteiger partial charge is 0.389 e. The van der Waals surface area contributed by atoms with E-state index in [1.807, 2.05) is 0 Å². The number of nitrogens with zero attached hydrogens (tertiary/aromatic N) is 1. The van der Waals surface area contributed by atoms with Crippen molar-refractivity contribution in [3.63, 3.8) is 0 Å². The molecule has 0 aliphatic carbocycles. The first kappa shape index (κ1) is 15.3. The molecule has 1 heterocycles. The smallest absolute Gasteiger partial charge is 0.127 e. The summed E-state index contributed by atoms with van der Waals surface area (Å²) in [4.78, 5) is 2.38. The molecule has 0 saturated carbocycles. The second kappa shape index (κ2) is 6.58. The molecule has 0 bridgehead atoms. The van der Waals surface area contributed by atoms with E-state index in [0.29, 0.717) is 30.8 Å². The number of ether oxygens (including phenoxy) is 2. The van der Waals surface area contributed by atoms with E-state index in [0.717, 1.165) is 0 Å². The number of thiocarbonyl (C=S) groups is 1. The Bertz CT molecular complexity index is 486. The molecule has 1 aromatic rings. The molecule has 4 nitrogen and oxygen atoms in total. The van der Waals surface area contributed by atoms with Gasteiger partial charge in [0.25, 0.3) is 0 Å². The van der Waals surface area contributed by atoms with Crippen LogP contribution in [0.2, 0.25) is 0 Å². The molecule has 2 atom stereocenters. The maximum atomic E-state index is 13.9. The highest BCUT2D eigenvalue weighted by molar-refractivity contribution is 7.80. The van der Waals surface area contributed by atoms with Crippen molar-refractivity contribution < 1.29 is 13.9 Å². The van der Waals surface area contributed by atoms with Crippen molar-refractivity contribution >= 4 is 17.2 Å². The number of hydrogen-bond donors (Lipinski definition) is 1. The van der Waals surface area contributed by atoms with Crippen LogP contribution in [0.15, 0.2) is 18.2 Å². The molecule has 0 amide bonds. The van der Waals surface area contributed by atoms with Crippen LogP contribution in [0.1, 0.15) is 11.1 Å². The normalized spacial score (nSPS) is 23.1. The van der Waals surface area contributed by atoms with Crippen LogP contribution >= 0.6 is 12.2 Å². The van der Waals surface area contributed by atoms with Gasteiger partial charge in [0.1, 0.15) is 10.8 Å². The van der Waals surface area contributed by atoms with Crippen LogP contribution in [-0.4, -0.2) is 49.4 Å². The van der Waals surface area contributed by atoms with Crippen molar-refractivity contribution in [3.8, 4) is 0 Å². The molecule has 0 aromatic heterocycles. The molecular weight excluding hydrogens is 279 g/mol. The molecule has 1 aliphatic heterocycles. The van der Waals surface area contributed by atoms with Gasteiger partial charge in [-0.3, -0.25) is 4.90 Å². The van der Waals surface area contributed by atoms with Crippen LogP contribution in [0, 0.1) is 5.82 Å². The second-order valence-corrected chi connectivity index (χ2v) is 5.35. The lowest BCUT2D eigenvalue weighted by Gasteiger charge is -2.16. The highest BCUT2D eigenvalue weighted by atomic mass is 32.1. The van der Waals surface area contributed by atoms with E-state index in [1.54, 1.807) is 26.4 Å². The van der Waals surface area contributed by atoms with Gasteiger partial charge in [-0.25, -0.2) is 4.39 Å². The van der Waals surface area contributed by atoms with Crippen LogP contribution in [0.3, 0.4) is 0 Å². The van der Waals surface area contributed by atoms with E-state index in [1.165, 1.54) is 6.07 Å². The fourth-order valence-electron chi connectivity index (χ4n) is 2.49. The molecule has 20 heavy (non-hydrogen) atoms. The summed E-state index contributed by atoms with van der Waals surface area (Å²) in [5, 5.41) is 0. The van der Waals surface area contributed by atoms with Gasteiger partial charge < -0.3 is 15.2 Å². The van der Waals surface area contributed by atoms with E-state index in [2.05, 4.69) is 4.90 Å². The van der Waals surface area contributed by atoms with E-state index >= 15 is 0 Å². The average molecular weight is 298 g/mol. The average Bonchev–Trinajstić information content (AvgIpc) is 2.83. The Kier molecular flexibility index (Phi) is 5.04. The zero-order chi connectivity index (χ0) is 14.7. The Morgan fingerprint density at radius 2 is 1.95 bits per heavy atom. The quantitative estimate of drug-likeness (QED) is 0.831. The van der Waals surface area contributed by atoms with Crippen LogP contribution in [0.25, 0.3) is 0 Å². The van der Waals surface area contributed by atoms with E-state index < -0.39 is 0 Å². The Morgan fingerprint density at radius 3 is 2.45 bits per heavy atom. The van der Waals surface area contributed by atoms with Gasteiger partial charge in [0, 0.05) is 45.0 Å². The van der Waals surface area contributed by atoms with E-state index in [4.69, 9.17) is 27.4 Å². The number of methoxy groups -OCH3 is 2. The predicted molar refractivity (Wildman–Crippen MR) is 79.2 cm³/mol. The third-order valence-electron chi connectivity index (χ3n) is 3.62. The number of rotatable bonds is 5. The molecule has 1 saturated heterocycles. The van der Waals surface area contributed by atoms with Crippen molar-refractivity contribution in [3.05, 3.63) is 35.1 Å². The Hall–Kier alpha value is -1.08. The molecule has 1 aliphatic rings. The number of likely N-dealkylation sites (tertiary alicyclic amines) is 1. The summed E-state index contributed by atoms with van der Waals surface area (Å²) in [5.41, 5.74) is 6.85. The zero-order valence-electron chi connectivity index (χ0n) is 11.6. The van der Waals surface area contributed by atoms with Gasteiger partial charge in [-0.1, -0.05) is 12.2 Å². The SMILES string of the molecule is COC1CN(Cc2cc(C(N)=S)ccc2F)CC1OC. The molecule has 0 radical (unpaired) electrons. The highest BCUT2D eigenvalue weighted by Crippen LogP contribution is 2.20. The van der Waals surface area contributed by atoms with Gasteiger partial charge in [0.05, 0.1) is 12.2 Å². The lowest BCUT2D eigenvalue weighted by atomic mass is 10.1. The van der Waals surface area contributed by atoms with Gasteiger partial charge in [0.2, 0.25) is 0 Å². The summed E-state index contributed by atoms with van der Waals surface area (Å²) in [6.07, 6.45) is 0.0312. The first-order valence-electron chi connectivity index (χ1n) is 6.41. The summed E-state index contributed by atoms with van der Waals surface area (Å²) in [5.74, 6) is -0.250. The van der Waals surface area contributed by atoms with Gasteiger partial charge in [-0.05, 0) is 18.2 Å². The lowest BCUT2D eigenvalue weighted by Crippen LogP contribution is -2.27. The molecule has 1 fully saturated rings. The van der Waals surface area contributed by atoms with Crippen molar-refractivity contribution in [2.24, 2.45) is 5.73 Å². The second-order valence-electron chi connectivity index (χ2n) is 4.91.